The van der Waals surface area contributed by atoms with Crippen molar-refractivity contribution in [2.24, 2.45) is 0 Å². The predicted octanol–water partition coefficient (Wildman–Crippen LogP) is 1.92. The summed E-state index contributed by atoms with van der Waals surface area (Å²) in [5.41, 5.74) is 2.83. The molecule has 1 aromatic rings. The SMILES string of the molecule is C/C=C/c1ccc(NS(C)(=O)=O)cc1CN1CCOCC1. The lowest BCUT2D eigenvalue weighted by molar-refractivity contribution is 0.0342. The van der Waals surface area contributed by atoms with Gasteiger partial charge >= 0.3 is 0 Å². The minimum absolute atomic E-state index is 0.606. The summed E-state index contributed by atoms with van der Waals surface area (Å²) in [4.78, 5) is 2.32. The van der Waals surface area contributed by atoms with Crippen LogP contribution in [0.4, 0.5) is 5.69 Å². The maximum absolute atomic E-state index is 11.4. The molecule has 1 aliphatic heterocycles. The van der Waals surface area contributed by atoms with Crippen molar-refractivity contribution in [1.82, 2.24) is 4.90 Å². The summed E-state index contributed by atoms with van der Waals surface area (Å²) in [6, 6.07) is 5.65. The van der Waals surface area contributed by atoms with E-state index >= 15 is 0 Å². The molecule has 1 fully saturated rings. The van der Waals surface area contributed by atoms with E-state index in [9.17, 15) is 8.42 Å². The van der Waals surface area contributed by atoms with Gasteiger partial charge in [0.05, 0.1) is 19.5 Å². The average molecular weight is 310 g/mol. The van der Waals surface area contributed by atoms with Gasteiger partial charge in [0.15, 0.2) is 0 Å². The molecule has 0 aromatic heterocycles. The van der Waals surface area contributed by atoms with Crippen LogP contribution < -0.4 is 4.72 Å². The summed E-state index contributed by atoms with van der Waals surface area (Å²) in [5.74, 6) is 0. The minimum atomic E-state index is -3.25. The Kier molecular flexibility index (Phi) is 5.39. The van der Waals surface area contributed by atoms with Gasteiger partial charge < -0.3 is 4.74 Å². The van der Waals surface area contributed by atoms with E-state index in [0.29, 0.717) is 5.69 Å². The molecule has 6 heteroatoms. The number of nitrogens with one attached hydrogen (secondary N) is 1. The number of hydrogen-bond acceptors (Lipinski definition) is 4. The maximum Gasteiger partial charge on any atom is 0.229 e. The van der Waals surface area contributed by atoms with Gasteiger partial charge in [0.25, 0.3) is 0 Å². The molecule has 1 aliphatic rings. The molecule has 0 spiro atoms. The molecular weight excluding hydrogens is 288 g/mol. The first-order chi connectivity index (χ1) is 9.98. The smallest absolute Gasteiger partial charge is 0.229 e. The van der Waals surface area contributed by atoms with E-state index in [4.69, 9.17) is 4.74 Å². The van der Waals surface area contributed by atoms with Gasteiger partial charge in [0, 0.05) is 25.3 Å². The van der Waals surface area contributed by atoms with E-state index in [1.807, 2.05) is 31.2 Å². The van der Waals surface area contributed by atoms with Crippen LogP contribution in [0, 0.1) is 0 Å². The lowest BCUT2D eigenvalue weighted by Crippen LogP contribution is -2.35. The van der Waals surface area contributed by atoms with Gasteiger partial charge in [-0.3, -0.25) is 9.62 Å². The lowest BCUT2D eigenvalue weighted by Gasteiger charge is -2.27. The zero-order valence-corrected chi connectivity index (χ0v) is 13.3. The number of morpholine rings is 1. The molecule has 0 amide bonds. The first kappa shape index (κ1) is 16.0. The van der Waals surface area contributed by atoms with Crippen LogP contribution in [0.1, 0.15) is 18.1 Å². The fourth-order valence-corrected chi connectivity index (χ4v) is 2.92. The molecule has 0 bridgehead atoms. The Labute approximate surface area is 126 Å². The van der Waals surface area contributed by atoms with E-state index in [1.165, 1.54) is 0 Å². The van der Waals surface area contributed by atoms with Crippen molar-refractivity contribution in [3.05, 3.63) is 35.4 Å². The molecule has 0 saturated carbocycles. The van der Waals surface area contributed by atoms with E-state index in [1.54, 1.807) is 6.07 Å². The van der Waals surface area contributed by atoms with Gasteiger partial charge in [-0.2, -0.15) is 0 Å². The van der Waals surface area contributed by atoms with Crippen LogP contribution in [-0.2, 0) is 21.3 Å². The Bertz CT molecular complexity index is 605. The van der Waals surface area contributed by atoms with Gasteiger partial charge in [-0.25, -0.2) is 8.42 Å². The van der Waals surface area contributed by atoms with Crippen molar-refractivity contribution < 1.29 is 13.2 Å². The van der Waals surface area contributed by atoms with E-state index in [0.717, 1.165) is 50.2 Å². The third-order valence-electron chi connectivity index (χ3n) is 3.29. The molecule has 5 nitrogen and oxygen atoms in total. The second kappa shape index (κ2) is 7.06. The zero-order chi connectivity index (χ0) is 15.3. The van der Waals surface area contributed by atoms with Gasteiger partial charge in [0.2, 0.25) is 10.0 Å². The molecule has 0 aliphatic carbocycles. The summed E-state index contributed by atoms with van der Waals surface area (Å²) in [5, 5.41) is 0. The highest BCUT2D eigenvalue weighted by Gasteiger charge is 2.13. The van der Waals surface area contributed by atoms with Crippen LogP contribution in [0.15, 0.2) is 24.3 Å². The third kappa shape index (κ3) is 5.15. The number of allylic oxidation sites excluding steroid dienone is 1. The number of sulfonamides is 1. The number of anilines is 1. The Balaban J connectivity index is 2.23. The molecule has 0 radical (unpaired) electrons. The number of nitrogens with zero attached hydrogens (tertiary/aromatic N) is 1. The second-order valence-corrected chi connectivity index (χ2v) is 6.92. The summed E-state index contributed by atoms with van der Waals surface area (Å²) in [6.45, 7) is 6.07. The Morgan fingerprint density at radius 3 is 2.67 bits per heavy atom. The molecule has 2 rings (SSSR count). The highest BCUT2D eigenvalue weighted by molar-refractivity contribution is 7.92. The normalized spacial score (nSPS) is 17.2. The highest BCUT2D eigenvalue weighted by atomic mass is 32.2. The van der Waals surface area contributed by atoms with E-state index in [2.05, 4.69) is 9.62 Å². The fourth-order valence-electron chi connectivity index (χ4n) is 2.36. The molecule has 1 heterocycles. The number of rotatable bonds is 5. The van der Waals surface area contributed by atoms with E-state index < -0.39 is 10.0 Å². The average Bonchev–Trinajstić information content (AvgIpc) is 2.41. The standard InChI is InChI=1S/C15H22N2O3S/c1-3-4-13-5-6-15(16-21(2,18)19)11-14(13)12-17-7-9-20-10-8-17/h3-6,11,16H,7-10,12H2,1-2H3/b4-3+. The lowest BCUT2D eigenvalue weighted by atomic mass is 10.1. The molecule has 1 saturated heterocycles. The zero-order valence-electron chi connectivity index (χ0n) is 12.5. The third-order valence-corrected chi connectivity index (χ3v) is 3.90. The molecule has 1 N–H and O–H groups in total. The van der Waals surface area contributed by atoms with Crippen molar-refractivity contribution in [1.29, 1.82) is 0 Å². The molecule has 1 aromatic carbocycles. The first-order valence-corrected chi connectivity index (χ1v) is 8.90. The monoisotopic (exact) mass is 310 g/mol. The van der Waals surface area contributed by atoms with Crippen LogP contribution >= 0.6 is 0 Å². The summed E-state index contributed by atoms with van der Waals surface area (Å²) in [6.07, 6.45) is 5.19. The fraction of sp³-hybridized carbons (Fsp3) is 0.467. The summed E-state index contributed by atoms with van der Waals surface area (Å²) < 4.78 is 30.6. The van der Waals surface area contributed by atoms with Crippen LogP contribution in [0.25, 0.3) is 6.08 Å². The van der Waals surface area contributed by atoms with Crippen LogP contribution in [0.5, 0.6) is 0 Å². The van der Waals surface area contributed by atoms with Crippen molar-refractivity contribution in [2.45, 2.75) is 13.5 Å². The highest BCUT2D eigenvalue weighted by Crippen LogP contribution is 2.20. The molecule has 21 heavy (non-hydrogen) atoms. The van der Waals surface area contributed by atoms with Gasteiger partial charge in [-0.05, 0) is 30.2 Å². The Morgan fingerprint density at radius 1 is 1.33 bits per heavy atom. The number of benzene rings is 1. The first-order valence-electron chi connectivity index (χ1n) is 7.01. The summed E-state index contributed by atoms with van der Waals surface area (Å²) >= 11 is 0. The van der Waals surface area contributed by atoms with Gasteiger partial charge in [-0.15, -0.1) is 0 Å². The summed E-state index contributed by atoms with van der Waals surface area (Å²) in [7, 11) is -3.25. The Morgan fingerprint density at radius 2 is 2.05 bits per heavy atom. The number of hydrogen-bond donors (Lipinski definition) is 1. The predicted molar refractivity (Wildman–Crippen MR) is 85.7 cm³/mol. The van der Waals surface area contributed by atoms with Crippen molar-refractivity contribution in [3.8, 4) is 0 Å². The molecular formula is C15H22N2O3S. The van der Waals surface area contributed by atoms with Crippen LogP contribution in [0.3, 0.4) is 0 Å². The number of ether oxygens (including phenoxy) is 1. The van der Waals surface area contributed by atoms with Crippen molar-refractivity contribution in [3.63, 3.8) is 0 Å². The van der Waals surface area contributed by atoms with Crippen LogP contribution in [-0.4, -0.2) is 45.9 Å². The van der Waals surface area contributed by atoms with Crippen molar-refractivity contribution in [2.75, 3.05) is 37.3 Å². The topological polar surface area (TPSA) is 58.6 Å². The maximum atomic E-state index is 11.4. The van der Waals surface area contributed by atoms with Gasteiger partial charge in [-0.1, -0.05) is 18.2 Å². The largest absolute Gasteiger partial charge is 0.379 e. The molecule has 0 unspecified atom stereocenters. The second-order valence-electron chi connectivity index (χ2n) is 5.18. The van der Waals surface area contributed by atoms with E-state index in [-0.39, 0.29) is 0 Å². The molecule has 0 atom stereocenters. The Hall–Kier alpha value is -1.37. The minimum Gasteiger partial charge on any atom is -0.379 e. The quantitative estimate of drug-likeness (QED) is 0.903. The van der Waals surface area contributed by atoms with Gasteiger partial charge in [0.1, 0.15) is 0 Å². The van der Waals surface area contributed by atoms with Crippen LogP contribution in [0.2, 0.25) is 0 Å². The van der Waals surface area contributed by atoms with Crippen molar-refractivity contribution >= 4 is 21.8 Å². The molecule has 116 valence electrons.